The zero-order chi connectivity index (χ0) is 23.9. The standard InChI is InChI=1S/C27H27ClN4O2/c1-2-15-34-25-12-11-20(17-24(25)28)26-22(19-32(30-26)23-9-5-3-6-10-23)16-21(18-29)27(33)31-13-7-4-8-14-31/h3,5-6,9-12,16-17,19H,2,4,7-8,13-15H2,1H3. The van der Waals surface area contributed by atoms with Crippen LogP contribution in [0.2, 0.25) is 5.02 Å². The van der Waals surface area contributed by atoms with Gasteiger partial charge in [0.15, 0.2) is 0 Å². The average Bonchev–Trinajstić information content (AvgIpc) is 3.31. The van der Waals surface area contributed by atoms with E-state index in [9.17, 15) is 10.1 Å². The zero-order valence-corrected chi connectivity index (χ0v) is 20.0. The molecule has 7 heteroatoms. The second-order valence-electron chi connectivity index (χ2n) is 8.23. The summed E-state index contributed by atoms with van der Waals surface area (Å²) < 4.78 is 7.45. The number of hydrogen-bond donors (Lipinski definition) is 0. The lowest BCUT2D eigenvalue weighted by molar-refractivity contribution is -0.127. The Morgan fingerprint density at radius 1 is 1.18 bits per heavy atom. The molecule has 0 atom stereocenters. The number of rotatable bonds is 7. The first-order chi connectivity index (χ1) is 16.6. The highest BCUT2D eigenvalue weighted by molar-refractivity contribution is 6.32. The molecule has 2 heterocycles. The molecule has 1 saturated heterocycles. The van der Waals surface area contributed by atoms with E-state index in [4.69, 9.17) is 21.4 Å². The molecule has 0 unspecified atom stereocenters. The van der Waals surface area contributed by atoms with E-state index in [-0.39, 0.29) is 11.5 Å². The number of piperidine rings is 1. The van der Waals surface area contributed by atoms with Gasteiger partial charge in [0.25, 0.3) is 5.91 Å². The van der Waals surface area contributed by atoms with Crippen molar-refractivity contribution in [3.05, 3.63) is 70.9 Å². The van der Waals surface area contributed by atoms with Gasteiger partial charge in [-0.2, -0.15) is 10.4 Å². The molecule has 1 fully saturated rings. The summed E-state index contributed by atoms with van der Waals surface area (Å²) in [4.78, 5) is 14.8. The Kier molecular flexibility index (Phi) is 7.66. The highest BCUT2D eigenvalue weighted by Crippen LogP contribution is 2.33. The minimum absolute atomic E-state index is 0.102. The predicted octanol–water partition coefficient (Wildman–Crippen LogP) is 5.90. The molecule has 1 aromatic heterocycles. The summed E-state index contributed by atoms with van der Waals surface area (Å²) in [5, 5.41) is 15.1. The van der Waals surface area contributed by atoms with E-state index in [1.165, 1.54) is 0 Å². The van der Waals surface area contributed by atoms with Crippen molar-refractivity contribution >= 4 is 23.6 Å². The average molecular weight is 475 g/mol. The number of nitrogens with zero attached hydrogens (tertiary/aromatic N) is 4. The van der Waals surface area contributed by atoms with Crippen LogP contribution < -0.4 is 4.74 Å². The molecule has 0 bridgehead atoms. The van der Waals surface area contributed by atoms with E-state index >= 15 is 0 Å². The first kappa shape index (κ1) is 23.6. The monoisotopic (exact) mass is 474 g/mol. The van der Waals surface area contributed by atoms with Crippen molar-refractivity contribution in [1.29, 1.82) is 5.26 Å². The van der Waals surface area contributed by atoms with Crippen LogP contribution in [0, 0.1) is 11.3 Å². The van der Waals surface area contributed by atoms with Gasteiger partial charge in [-0.25, -0.2) is 4.68 Å². The molecule has 0 spiro atoms. The van der Waals surface area contributed by atoms with Gasteiger partial charge in [-0.1, -0.05) is 36.7 Å². The third-order valence-corrected chi connectivity index (χ3v) is 6.02. The summed E-state index contributed by atoms with van der Waals surface area (Å²) >= 11 is 6.49. The molecule has 0 radical (unpaired) electrons. The predicted molar refractivity (Wildman–Crippen MR) is 134 cm³/mol. The van der Waals surface area contributed by atoms with Gasteiger partial charge < -0.3 is 9.64 Å². The molecule has 1 amide bonds. The minimum atomic E-state index is -0.234. The number of hydrogen-bond acceptors (Lipinski definition) is 4. The van der Waals surface area contributed by atoms with Gasteiger partial charge in [-0.05, 0) is 62.1 Å². The lowest BCUT2D eigenvalue weighted by Crippen LogP contribution is -2.36. The van der Waals surface area contributed by atoms with E-state index in [0.29, 0.717) is 41.7 Å². The summed E-state index contributed by atoms with van der Waals surface area (Å²) in [6.07, 6.45) is 7.40. The van der Waals surface area contributed by atoms with Crippen molar-refractivity contribution in [3.8, 4) is 28.8 Å². The third-order valence-electron chi connectivity index (χ3n) is 5.72. The maximum Gasteiger partial charge on any atom is 0.264 e. The van der Waals surface area contributed by atoms with Gasteiger partial charge in [-0.15, -0.1) is 0 Å². The van der Waals surface area contributed by atoms with Gasteiger partial charge >= 0.3 is 0 Å². The number of benzene rings is 2. The maximum atomic E-state index is 13.0. The van der Waals surface area contributed by atoms with Crippen LogP contribution in [0.1, 0.15) is 38.2 Å². The Morgan fingerprint density at radius 3 is 2.62 bits per heavy atom. The molecule has 0 N–H and O–H groups in total. The normalized spacial score (nSPS) is 14.0. The summed E-state index contributed by atoms with van der Waals surface area (Å²) in [7, 11) is 0. The Bertz CT molecular complexity index is 1220. The van der Waals surface area contributed by atoms with Crippen LogP contribution in [-0.4, -0.2) is 40.3 Å². The smallest absolute Gasteiger partial charge is 0.264 e. The topological polar surface area (TPSA) is 71.1 Å². The fraction of sp³-hybridized carbons (Fsp3) is 0.296. The maximum absolute atomic E-state index is 13.0. The van der Waals surface area contributed by atoms with E-state index in [1.54, 1.807) is 21.7 Å². The quantitative estimate of drug-likeness (QED) is 0.315. The van der Waals surface area contributed by atoms with Gasteiger partial charge in [0.1, 0.15) is 23.1 Å². The number of ether oxygens (including phenoxy) is 1. The van der Waals surface area contributed by atoms with Crippen LogP contribution in [0.5, 0.6) is 5.75 Å². The molecule has 0 aliphatic carbocycles. The Balaban J connectivity index is 1.76. The summed E-state index contributed by atoms with van der Waals surface area (Å²) in [6.45, 7) is 3.99. The molecule has 1 aliphatic heterocycles. The van der Waals surface area contributed by atoms with Crippen molar-refractivity contribution in [2.75, 3.05) is 19.7 Å². The SMILES string of the molecule is CCCOc1ccc(-c2nn(-c3ccccc3)cc2C=C(C#N)C(=O)N2CCCCC2)cc1Cl. The Morgan fingerprint density at radius 2 is 1.94 bits per heavy atom. The van der Waals surface area contributed by atoms with Crippen molar-refractivity contribution in [2.45, 2.75) is 32.6 Å². The number of likely N-dealkylation sites (tertiary alicyclic amines) is 1. The van der Waals surface area contributed by atoms with E-state index in [1.807, 2.05) is 55.6 Å². The second-order valence-corrected chi connectivity index (χ2v) is 8.64. The van der Waals surface area contributed by atoms with Gasteiger partial charge in [0.2, 0.25) is 0 Å². The van der Waals surface area contributed by atoms with Crippen LogP contribution in [0.25, 0.3) is 23.0 Å². The number of nitriles is 1. The highest BCUT2D eigenvalue weighted by Gasteiger charge is 2.22. The molecule has 6 nitrogen and oxygen atoms in total. The molecule has 1 aliphatic rings. The fourth-order valence-corrected chi connectivity index (χ4v) is 4.21. The molecule has 174 valence electrons. The van der Waals surface area contributed by atoms with E-state index in [0.717, 1.165) is 36.9 Å². The number of halogens is 1. The van der Waals surface area contributed by atoms with Gasteiger partial charge in [-0.3, -0.25) is 4.79 Å². The minimum Gasteiger partial charge on any atom is -0.492 e. The number of aromatic nitrogens is 2. The summed E-state index contributed by atoms with van der Waals surface area (Å²) in [6, 6.07) is 17.3. The Labute approximate surface area is 205 Å². The van der Waals surface area contributed by atoms with Gasteiger partial charge in [0, 0.05) is 30.4 Å². The van der Waals surface area contributed by atoms with Crippen molar-refractivity contribution in [1.82, 2.24) is 14.7 Å². The Hall–Kier alpha value is -3.56. The zero-order valence-electron chi connectivity index (χ0n) is 19.2. The third kappa shape index (κ3) is 5.32. The van der Waals surface area contributed by atoms with Crippen LogP contribution in [0.4, 0.5) is 0 Å². The summed E-state index contributed by atoms with van der Waals surface area (Å²) in [5.74, 6) is 0.381. The number of carbonyl (C=O) groups excluding carboxylic acids is 1. The van der Waals surface area contributed by atoms with Crippen molar-refractivity contribution in [2.24, 2.45) is 0 Å². The van der Waals surface area contributed by atoms with Crippen LogP contribution in [-0.2, 0) is 4.79 Å². The molecule has 0 saturated carbocycles. The fourth-order valence-electron chi connectivity index (χ4n) is 3.97. The number of para-hydroxylation sites is 1. The van der Waals surface area contributed by atoms with Gasteiger partial charge in [0.05, 0.1) is 17.3 Å². The van der Waals surface area contributed by atoms with E-state index in [2.05, 4.69) is 6.07 Å². The molecule has 2 aromatic carbocycles. The highest BCUT2D eigenvalue weighted by atomic mass is 35.5. The summed E-state index contributed by atoms with van der Waals surface area (Å²) in [5.41, 5.74) is 3.05. The lowest BCUT2D eigenvalue weighted by atomic mass is 10.0. The molecule has 34 heavy (non-hydrogen) atoms. The molecule has 4 rings (SSSR count). The van der Waals surface area contributed by atoms with Crippen LogP contribution in [0.3, 0.4) is 0 Å². The van der Waals surface area contributed by atoms with Crippen molar-refractivity contribution in [3.63, 3.8) is 0 Å². The lowest BCUT2D eigenvalue weighted by Gasteiger charge is -2.26. The molecule has 3 aromatic rings. The van der Waals surface area contributed by atoms with Crippen LogP contribution in [0.15, 0.2) is 60.3 Å². The van der Waals surface area contributed by atoms with Crippen molar-refractivity contribution < 1.29 is 9.53 Å². The largest absolute Gasteiger partial charge is 0.492 e. The number of amides is 1. The molecular weight excluding hydrogens is 448 g/mol. The molecular formula is C27H27ClN4O2. The first-order valence-corrected chi connectivity index (χ1v) is 12.0. The van der Waals surface area contributed by atoms with E-state index < -0.39 is 0 Å². The first-order valence-electron chi connectivity index (χ1n) is 11.6. The van der Waals surface area contributed by atoms with Crippen LogP contribution >= 0.6 is 11.6 Å². The second kappa shape index (κ2) is 11.0. The number of carbonyl (C=O) groups is 1.